The topological polar surface area (TPSA) is 0 Å². The van der Waals surface area contributed by atoms with E-state index in [9.17, 15) is 0 Å². The second kappa shape index (κ2) is 6.26. The van der Waals surface area contributed by atoms with Gasteiger partial charge in [-0.05, 0) is 85.0 Å². The van der Waals surface area contributed by atoms with Gasteiger partial charge in [0, 0.05) is 29.3 Å². The third-order valence-electron chi connectivity index (χ3n) is 4.22. The maximum absolute atomic E-state index is 2.36. The van der Waals surface area contributed by atoms with E-state index >= 15 is 0 Å². The van der Waals surface area contributed by atoms with E-state index in [0.29, 0.717) is 0 Å². The van der Waals surface area contributed by atoms with E-state index < -0.39 is 0 Å². The van der Waals surface area contributed by atoms with Gasteiger partial charge in [0.1, 0.15) is 0 Å². The van der Waals surface area contributed by atoms with Gasteiger partial charge in [0.05, 0.1) is 0 Å². The van der Waals surface area contributed by atoms with Gasteiger partial charge in [0.15, 0.2) is 0 Å². The summed E-state index contributed by atoms with van der Waals surface area (Å²) in [4.78, 5) is 8.49. The normalized spacial score (nSPS) is 11.3. The fraction of sp³-hybridized carbons (Fsp3) is 0.200. The number of thiophene rings is 4. The maximum atomic E-state index is 2.36. The summed E-state index contributed by atoms with van der Waals surface area (Å²) in [7, 11) is 0. The van der Waals surface area contributed by atoms with Crippen LogP contribution in [0.25, 0.3) is 29.3 Å². The van der Waals surface area contributed by atoms with Gasteiger partial charge in [-0.1, -0.05) is 0 Å². The number of hydrogen-bond donors (Lipinski definition) is 0. The molecule has 0 radical (unpaired) electrons. The molecule has 0 N–H and O–H groups in total. The van der Waals surface area contributed by atoms with Crippen LogP contribution in [0.1, 0.15) is 22.3 Å². The van der Waals surface area contributed by atoms with Crippen molar-refractivity contribution in [3.63, 3.8) is 0 Å². The highest BCUT2D eigenvalue weighted by Gasteiger charge is 2.16. The number of hydrogen-bond acceptors (Lipinski definition) is 4. The summed E-state index contributed by atoms with van der Waals surface area (Å²) in [5, 5.41) is 4.38. The van der Waals surface area contributed by atoms with E-state index in [0.717, 1.165) is 0 Å². The smallest absolute Gasteiger partial charge is 0.0481 e. The van der Waals surface area contributed by atoms with E-state index in [-0.39, 0.29) is 0 Å². The van der Waals surface area contributed by atoms with Gasteiger partial charge in [-0.25, -0.2) is 0 Å². The molecule has 4 aromatic rings. The van der Waals surface area contributed by atoms with Gasteiger partial charge >= 0.3 is 0 Å². The van der Waals surface area contributed by atoms with Crippen molar-refractivity contribution in [2.45, 2.75) is 27.7 Å². The molecule has 24 heavy (non-hydrogen) atoms. The molecule has 0 aliphatic heterocycles. The molecular weight excluding hydrogens is 368 g/mol. The highest BCUT2D eigenvalue weighted by atomic mass is 32.1. The Kier molecular flexibility index (Phi) is 4.25. The third-order valence-corrected chi connectivity index (χ3v) is 9.25. The van der Waals surface area contributed by atoms with Crippen molar-refractivity contribution >= 4 is 45.3 Å². The molecular formula is C20H18S4. The van der Waals surface area contributed by atoms with Gasteiger partial charge in [-0.15, -0.1) is 45.3 Å². The Balaban J connectivity index is 1.78. The van der Waals surface area contributed by atoms with E-state index in [1.54, 1.807) is 0 Å². The van der Waals surface area contributed by atoms with Crippen LogP contribution in [0.15, 0.2) is 35.0 Å². The predicted molar refractivity (Wildman–Crippen MR) is 113 cm³/mol. The molecule has 4 rings (SSSR count). The van der Waals surface area contributed by atoms with Crippen molar-refractivity contribution in [1.29, 1.82) is 0 Å². The zero-order valence-corrected chi connectivity index (χ0v) is 17.4. The molecule has 0 amide bonds. The first kappa shape index (κ1) is 16.3. The summed E-state index contributed by atoms with van der Waals surface area (Å²) < 4.78 is 0. The quantitative estimate of drug-likeness (QED) is 0.333. The lowest BCUT2D eigenvalue weighted by Crippen LogP contribution is -1.72. The van der Waals surface area contributed by atoms with Crippen molar-refractivity contribution in [2.75, 3.05) is 0 Å². The van der Waals surface area contributed by atoms with Gasteiger partial charge < -0.3 is 0 Å². The Bertz CT molecular complexity index is 924. The number of rotatable bonds is 3. The largest absolute Gasteiger partial charge is 0.143 e. The molecule has 0 nitrogen and oxygen atoms in total. The summed E-state index contributed by atoms with van der Waals surface area (Å²) in [6.45, 7) is 8.88. The van der Waals surface area contributed by atoms with Crippen LogP contribution in [0.3, 0.4) is 0 Å². The first-order valence-electron chi connectivity index (χ1n) is 7.84. The SMILES string of the molecule is Cc1ccsc1-c1sc(-c2cc(C)c(-c3sccc3C)s2)cc1C. The Morgan fingerprint density at radius 3 is 1.29 bits per heavy atom. The van der Waals surface area contributed by atoms with Gasteiger partial charge in [-0.3, -0.25) is 0 Å². The summed E-state index contributed by atoms with van der Waals surface area (Å²) >= 11 is 7.56. The Morgan fingerprint density at radius 1 is 0.542 bits per heavy atom. The van der Waals surface area contributed by atoms with Crippen LogP contribution in [0.4, 0.5) is 0 Å². The molecule has 0 bridgehead atoms. The standard InChI is InChI=1S/C20H18S4/c1-11-5-7-21-17(11)19-13(3)9-15(23-19)16-10-14(4)20(24-16)18-12(2)6-8-22-18/h5-10H,1-4H3. The van der Waals surface area contributed by atoms with Crippen LogP contribution in [-0.4, -0.2) is 0 Å². The minimum Gasteiger partial charge on any atom is -0.143 e. The second-order valence-corrected chi connectivity index (χ2v) is 10.0. The molecule has 0 fully saturated rings. The van der Waals surface area contributed by atoms with E-state index in [2.05, 4.69) is 62.7 Å². The summed E-state index contributed by atoms with van der Waals surface area (Å²) in [6.07, 6.45) is 0. The van der Waals surface area contributed by atoms with Crippen molar-refractivity contribution in [1.82, 2.24) is 0 Å². The van der Waals surface area contributed by atoms with Crippen molar-refractivity contribution in [2.24, 2.45) is 0 Å². The predicted octanol–water partition coefficient (Wildman–Crippen LogP) is 8.17. The zero-order valence-electron chi connectivity index (χ0n) is 14.1. The Labute approximate surface area is 159 Å². The average Bonchev–Trinajstić information content (AvgIpc) is 3.28. The highest BCUT2D eigenvalue weighted by Crippen LogP contribution is 2.46. The van der Waals surface area contributed by atoms with Crippen molar-refractivity contribution in [3.05, 3.63) is 57.3 Å². The number of aryl methyl sites for hydroxylation is 4. The molecule has 4 aromatic heterocycles. The highest BCUT2D eigenvalue weighted by molar-refractivity contribution is 7.28. The lowest BCUT2D eigenvalue weighted by atomic mass is 10.2. The molecule has 4 heterocycles. The monoisotopic (exact) mass is 386 g/mol. The molecule has 0 saturated carbocycles. The first-order valence-corrected chi connectivity index (χ1v) is 11.2. The molecule has 0 aliphatic carbocycles. The second-order valence-electron chi connectivity index (χ2n) is 6.11. The minimum atomic E-state index is 1.38. The van der Waals surface area contributed by atoms with Gasteiger partial charge in [0.2, 0.25) is 0 Å². The van der Waals surface area contributed by atoms with Gasteiger partial charge in [0.25, 0.3) is 0 Å². The van der Waals surface area contributed by atoms with Gasteiger partial charge in [-0.2, -0.15) is 0 Å². The average molecular weight is 387 g/mol. The van der Waals surface area contributed by atoms with Crippen molar-refractivity contribution in [3.8, 4) is 29.3 Å². The fourth-order valence-corrected chi connectivity index (χ4v) is 7.70. The van der Waals surface area contributed by atoms with Crippen LogP contribution >= 0.6 is 45.3 Å². The first-order chi connectivity index (χ1) is 11.5. The lowest BCUT2D eigenvalue weighted by molar-refractivity contribution is 1.51. The van der Waals surface area contributed by atoms with Crippen LogP contribution in [-0.2, 0) is 0 Å². The van der Waals surface area contributed by atoms with Crippen molar-refractivity contribution < 1.29 is 0 Å². The Hall–Kier alpha value is -1.20. The molecule has 0 atom stereocenters. The van der Waals surface area contributed by atoms with E-state index in [1.807, 2.05) is 45.3 Å². The maximum Gasteiger partial charge on any atom is 0.0481 e. The third kappa shape index (κ3) is 2.72. The molecule has 0 spiro atoms. The van der Waals surface area contributed by atoms with Crippen LogP contribution < -0.4 is 0 Å². The van der Waals surface area contributed by atoms with Crippen LogP contribution in [0.5, 0.6) is 0 Å². The van der Waals surface area contributed by atoms with Crippen LogP contribution in [0, 0.1) is 27.7 Å². The molecule has 0 unspecified atom stereocenters. The molecule has 4 heteroatoms. The Morgan fingerprint density at radius 2 is 0.958 bits per heavy atom. The molecule has 0 aliphatic rings. The summed E-state index contributed by atoms with van der Waals surface area (Å²) in [5.74, 6) is 0. The lowest BCUT2D eigenvalue weighted by Gasteiger charge is -1.97. The zero-order chi connectivity index (χ0) is 16.8. The molecule has 0 aromatic carbocycles. The summed E-state index contributed by atoms with van der Waals surface area (Å²) in [5.41, 5.74) is 5.54. The van der Waals surface area contributed by atoms with E-state index in [1.165, 1.54) is 51.5 Å². The van der Waals surface area contributed by atoms with E-state index in [4.69, 9.17) is 0 Å². The fourth-order valence-electron chi connectivity index (χ4n) is 2.87. The summed E-state index contributed by atoms with van der Waals surface area (Å²) in [6, 6.07) is 9.14. The van der Waals surface area contributed by atoms with Crippen LogP contribution in [0.2, 0.25) is 0 Å². The minimum absolute atomic E-state index is 1.38. The molecule has 122 valence electrons. The molecule has 0 saturated heterocycles.